The molecule has 2 heterocycles. The summed E-state index contributed by atoms with van der Waals surface area (Å²) in [5.74, 6) is 0. The zero-order chi connectivity index (χ0) is 14.3. The lowest BCUT2D eigenvalue weighted by molar-refractivity contribution is 0.601. The van der Waals surface area contributed by atoms with Crippen LogP contribution in [0.25, 0.3) is 10.9 Å². The number of hydrogen-bond donors (Lipinski definition) is 2. The normalized spacial score (nSPS) is 11.9. The number of aromatic amines is 1. The maximum absolute atomic E-state index is 12.4. The van der Waals surface area contributed by atoms with Gasteiger partial charge in [-0.2, -0.15) is 5.10 Å². The lowest BCUT2D eigenvalue weighted by Gasteiger charge is -2.08. The molecule has 0 fully saturated rings. The first kappa shape index (κ1) is 13.6. The predicted octanol–water partition coefficient (Wildman–Crippen LogP) is 3.50. The predicted molar refractivity (Wildman–Crippen MR) is 83.7 cm³/mol. The van der Waals surface area contributed by atoms with Gasteiger partial charge in [0, 0.05) is 10.3 Å². The number of halogens is 1. The molecule has 0 radical (unpaired) electrons. The van der Waals surface area contributed by atoms with Gasteiger partial charge in [-0.05, 0) is 35.0 Å². The summed E-state index contributed by atoms with van der Waals surface area (Å²) in [5, 5.41) is 7.57. The van der Waals surface area contributed by atoms with E-state index >= 15 is 0 Å². The molecule has 0 saturated heterocycles. The maximum atomic E-state index is 12.4. The minimum Gasteiger partial charge on any atom is -0.277 e. The molecule has 1 aromatic carbocycles. The van der Waals surface area contributed by atoms with Gasteiger partial charge in [-0.1, -0.05) is 12.1 Å². The Kier molecular flexibility index (Phi) is 3.31. The first-order valence-corrected chi connectivity index (χ1v) is 8.77. The Labute approximate surface area is 128 Å². The second-order valence-electron chi connectivity index (χ2n) is 4.22. The van der Waals surface area contributed by atoms with E-state index in [0.29, 0.717) is 11.2 Å². The van der Waals surface area contributed by atoms with Crippen LogP contribution < -0.4 is 4.72 Å². The molecule has 3 rings (SSSR count). The van der Waals surface area contributed by atoms with Crippen molar-refractivity contribution in [2.75, 3.05) is 4.72 Å². The van der Waals surface area contributed by atoms with Crippen molar-refractivity contribution in [1.29, 1.82) is 0 Å². The molecular weight excluding hydrogens is 362 g/mol. The molecule has 20 heavy (non-hydrogen) atoms. The molecule has 2 aromatic heterocycles. The first-order valence-electron chi connectivity index (χ1n) is 5.68. The Balaban J connectivity index is 2.06. The van der Waals surface area contributed by atoms with E-state index in [1.807, 2.05) is 6.07 Å². The van der Waals surface area contributed by atoms with Crippen LogP contribution in [0.2, 0.25) is 0 Å². The van der Waals surface area contributed by atoms with Crippen LogP contribution in [0.15, 0.2) is 39.1 Å². The third kappa shape index (κ3) is 2.34. The van der Waals surface area contributed by atoms with Crippen LogP contribution >= 0.6 is 27.3 Å². The van der Waals surface area contributed by atoms with Gasteiger partial charge >= 0.3 is 0 Å². The highest BCUT2D eigenvalue weighted by molar-refractivity contribution is 9.11. The van der Waals surface area contributed by atoms with Gasteiger partial charge in [-0.15, -0.1) is 11.3 Å². The molecule has 0 saturated carbocycles. The minimum atomic E-state index is -3.61. The molecule has 0 bridgehead atoms. The van der Waals surface area contributed by atoms with Crippen molar-refractivity contribution in [3.8, 4) is 0 Å². The van der Waals surface area contributed by atoms with Crippen molar-refractivity contribution in [2.45, 2.75) is 11.8 Å². The van der Waals surface area contributed by atoms with Crippen molar-refractivity contribution >= 4 is 53.9 Å². The Hall–Kier alpha value is -1.38. The number of H-pyrrole nitrogens is 1. The molecule has 8 heteroatoms. The zero-order valence-electron chi connectivity index (χ0n) is 10.3. The standard InChI is InChI=1S/C12H10BrN3O2S2/c1-7-10(5-11(13)19-7)20(17,18)16-9-4-2-3-8-6-14-15-12(8)9/h2-6,16H,1H3,(H,14,15). The molecule has 2 N–H and O–H groups in total. The SMILES string of the molecule is Cc1sc(Br)cc1S(=O)(=O)Nc1cccc2cn[nH]c12. The Morgan fingerprint density at radius 3 is 2.90 bits per heavy atom. The summed E-state index contributed by atoms with van der Waals surface area (Å²) in [6.45, 7) is 1.78. The average Bonchev–Trinajstić information content (AvgIpc) is 2.96. The molecule has 0 amide bonds. The molecule has 5 nitrogen and oxygen atoms in total. The van der Waals surface area contributed by atoms with Crippen LogP contribution in [0.4, 0.5) is 5.69 Å². The summed E-state index contributed by atoms with van der Waals surface area (Å²) >= 11 is 4.69. The fourth-order valence-electron chi connectivity index (χ4n) is 1.95. The largest absolute Gasteiger partial charge is 0.277 e. The van der Waals surface area contributed by atoms with E-state index in [9.17, 15) is 8.42 Å². The molecule has 104 valence electrons. The van der Waals surface area contributed by atoms with E-state index in [2.05, 4.69) is 30.8 Å². The van der Waals surface area contributed by atoms with Gasteiger partial charge in [0.1, 0.15) is 4.90 Å². The summed E-state index contributed by atoms with van der Waals surface area (Å²) < 4.78 is 28.3. The third-order valence-corrected chi connectivity index (χ3v) is 6.03. The van der Waals surface area contributed by atoms with Crippen LogP contribution in [0.5, 0.6) is 0 Å². The van der Waals surface area contributed by atoms with E-state index in [1.165, 1.54) is 11.3 Å². The monoisotopic (exact) mass is 371 g/mol. The van der Waals surface area contributed by atoms with Crippen molar-refractivity contribution in [3.63, 3.8) is 0 Å². The van der Waals surface area contributed by atoms with Gasteiger partial charge in [0.05, 0.1) is 21.2 Å². The number of aryl methyl sites for hydroxylation is 1. The number of nitrogens with zero attached hydrogens (tertiary/aromatic N) is 1. The Morgan fingerprint density at radius 2 is 2.20 bits per heavy atom. The Morgan fingerprint density at radius 1 is 1.40 bits per heavy atom. The van der Waals surface area contributed by atoms with Crippen LogP contribution in [-0.4, -0.2) is 18.6 Å². The fraction of sp³-hybridized carbons (Fsp3) is 0.0833. The van der Waals surface area contributed by atoms with Crippen LogP contribution in [0.3, 0.4) is 0 Å². The Bertz CT molecular complexity index is 883. The highest BCUT2D eigenvalue weighted by atomic mass is 79.9. The first-order chi connectivity index (χ1) is 9.47. The average molecular weight is 372 g/mol. The van der Waals surface area contributed by atoms with Gasteiger partial charge in [-0.3, -0.25) is 9.82 Å². The van der Waals surface area contributed by atoms with Gasteiger partial charge in [0.25, 0.3) is 10.0 Å². The maximum Gasteiger partial charge on any atom is 0.263 e. The quantitative estimate of drug-likeness (QED) is 0.739. The van der Waals surface area contributed by atoms with E-state index in [4.69, 9.17) is 0 Å². The summed E-state index contributed by atoms with van der Waals surface area (Å²) in [6, 6.07) is 6.96. The second-order valence-corrected chi connectivity index (χ2v) is 8.50. The van der Waals surface area contributed by atoms with Crippen molar-refractivity contribution in [2.24, 2.45) is 0 Å². The molecule has 0 aliphatic rings. The van der Waals surface area contributed by atoms with Crippen molar-refractivity contribution < 1.29 is 8.42 Å². The summed E-state index contributed by atoms with van der Waals surface area (Å²) in [7, 11) is -3.61. The second kappa shape index (κ2) is 4.87. The number of fused-ring (bicyclic) bond motifs is 1. The van der Waals surface area contributed by atoms with E-state index in [0.717, 1.165) is 14.0 Å². The topological polar surface area (TPSA) is 74.8 Å². The van der Waals surface area contributed by atoms with Gasteiger partial charge in [-0.25, -0.2) is 8.42 Å². The molecule has 0 aliphatic heterocycles. The van der Waals surface area contributed by atoms with E-state index < -0.39 is 10.0 Å². The number of benzene rings is 1. The van der Waals surface area contributed by atoms with Gasteiger partial charge < -0.3 is 0 Å². The van der Waals surface area contributed by atoms with Gasteiger partial charge in [0.15, 0.2) is 0 Å². The van der Waals surface area contributed by atoms with E-state index in [1.54, 1.807) is 31.3 Å². The van der Waals surface area contributed by atoms with Crippen LogP contribution in [0.1, 0.15) is 4.88 Å². The smallest absolute Gasteiger partial charge is 0.263 e. The molecular formula is C12H10BrN3O2S2. The number of sulfonamides is 1. The summed E-state index contributed by atoms with van der Waals surface area (Å²) in [6.07, 6.45) is 1.65. The lowest BCUT2D eigenvalue weighted by Crippen LogP contribution is -2.13. The number of thiophene rings is 1. The number of hydrogen-bond acceptors (Lipinski definition) is 4. The number of para-hydroxylation sites is 1. The van der Waals surface area contributed by atoms with Crippen LogP contribution in [-0.2, 0) is 10.0 Å². The highest BCUT2D eigenvalue weighted by Crippen LogP contribution is 2.31. The third-order valence-electron chi connectivity index (χ3n) is 2.85. The number of anilines is 1. The minimum absolute atomic E-state index is 0.283. The molecule has 3 aromatic rings. The lowest BCUT2D eigenvalue weighted by atomic mass is 10.2. The molecule has 0 unspecified atom stereocenters. The number of aromatic nitrogens is 2. The number of rotatable bonds is 3. The van der Waals surface area contributed by atoms with Crippen molar-refractivity contribution in [1.82, 2.24) is 10.2 Å². The zero-order valence-corrected chi connectivity index (χ0v) is 13.6. The summed E-state index contributed by atoms with van der Waals surface area (Å²) in [4.78, 5) is 1.02. The molecule has 0 atom stereocenters. The fourth-order valence-corrected chi connectivity index (χ4v) is 5.44. The highest BCUT2D eigenvalue weighted by Gasteiger charge is 2.20. The van der Waals surface area contributed by atoms with E-state index in [-0.39, 0.29) is 4.90 Å². The molecule has 0 spiro atoms. The van der Waals surface area contributed by atoms with Gasteiger partial charge in [0.2, 0.25) is 0 Å². The number of nitrogens with one attached hydrogen (secondary N) is 2. The summed E-state index contributed by atoms with van der Waals surface area (Å²) in [5.41, 5.74) is 1.16. The van der Waals surface area contributed by atoms with Crippen LogP contribution in [0, 0.1) is 6.92 Å². The molecule has 0 aliphatic carbocycles. The van der Waals surface area contributed by atoms with Crippen molar-refractivity contribution in [3.05, 3.63) is 39.1 Å².